The van der Waals surface area contributed by atoms with Crippen molar-refractivity contribution in [3.8, 4) is 0 Å². The maximum Gasteiger partial charge on any atom is 0.270 e. The monoisotopic (exact) mass is 494 g/mol. The normalized spacial score (nSPS) is 15.9. The molecule has 186 valence electrons. The van der Waals surface area contributed by atoms with Crippen molar-refractivity contribution in [3.63, 3.8) is 0 Å². The first-order chi connectivity index (χ1) is 18.1. The zero-order chi connectivity index (χ0) is 26.0. The van der Waals surface area contributed by atoms with Crippen LogP contribution in [0.2, 0.25) is 0 Å². The third kappa shape index (κ3) is 6.49. The maximum absolute atomic E-state index is 13.2. The van der Waals surface area contributed by atoms with Crippen molar-refractivity contribution in [2.75, 3.05) is 6.54 Å². The first-order valence-electron chi connectivity index (χ1n) is 12.0. The Balaban J connectivity index is 1.58. The van der Waals surface area contributed by atoms with Crippen LogP contribution < -0.4 is 16.0 Å². The molecule has 37 heavy (non-hydrogen) atoms. The zero-order valence-corrected chi connectivity index (χ0v) is 20.1. The van der Waals surface area contributed by atoms with E-state index >= 15 is 0 Å². The summed E-state index contributed by atoms with van der Waals surface area (Å²) < 4.78 is 0. The lowest BCUT2D eigenvalue weighted by Gasteiger charge is -2.25. The molecule has 2 aromatic carbocycles. The van der Waals surface area contributed by atoms with Crippen molar-refractivity contribution in [2.24, 2.45) is 5.92 Å². The molecule has 3 aromatic rings. The van der Waals surface area contributed by atoms with Crippen molar-refractivity contribution < 1.29 is 19.2 Å². The molecule has 1 amide bonds. The number of carbonyl (C=O) groups excluding carboxylic acids is 4. The molecule has 0 unspecified atom stereocenters. The van der Waals surface area contributed by atoms with Gasteiger partial charge in [-0.25, -0.2) is 19.4 Å². The highest BCUT2D eigenvalue weighted by Gasteiger charge is 2.27. The van der Waals surface area contributed by atoms with Gasteiger partial charge in [-0.1, -0.05) is 54.6 Å². The summed E-state index contributed by atoms with van der Waals surface area (Å²) >= 11 is 0. The van der Waals surface area contributed by atoms with Gasteiger partial charge in [0, 0.05) is 23.9 Å². The maximum atomic E-state index is 13.2. The fraction of sp³-hybridized carbons (Fsp3) is 0.241. The van der Waals surface area contributed by atoms with Gasteiger partial charge in [0.25, 0.3) is 5.91 Å². The van der Waals surface area contributed by atoms with Crippen LogP contribution in [0.1, 0.15) is 28.9 Å². The number of rotatable bonds is 10. The van der Waals surface area contributed by atoms with Crippen LogP contribution in [0, 0.1) is 5.92 Å². The van der Waals surface area contributed by atoms with Gasteiger partial charge in [0.2, 0.25) is 0 Å². The van der Waals surface area contributed by atoms with Crippen molar-refractivity contribution in [1.82, 2.24) is 20.9 Å². The molecule has 0 bridgehead atoms. The van der Waals surface area contributed by atoms with Crippen LogP contribution in [0.5, 0.6) is 0 Å². The second-order valence-corrected chi connectivity index (χ2v) is 8.82. The Hall–Kier alpha value is -4.73. The van der Waals surface area contributed by atoms with E-state index < -0.39 is 18.0 Å². The first-order valence-corrected chi connectivity index (χ1v) is 12.0. The lowest BCUT2D eigenvalue weighted by atomic mass is 9.95. The number of para-hydroxylation sites is 1. The quantitative estimate of drug-likeness (QED) is 0.371. The molecular formula is C29H26N4O4. The van der Waals surface area contributed by atoms with E-state index in [1.807, 2.05) is 72.5 Å². The van der Waals surface area contributed by atoms with Gasteiger partial charge < -0.3 is 16.0 Å². The van der Waals surface area contributed by atoms with Crippen LogP contribution >= 0.6 is 0 Å². The van der Waals surface area contributed by atoms with Crippen LogP contribution in [-0.2, 0) is 20.8 Å². The molecule has 1 fully saturated rings. The van der Waals surface area contributed by atoms with E-state index in [1.54, 1.807) is 12.0 Å². The van der Waals surface area contributed by atoms with Gasteiger partial charge in [0.15, 0.2) is 0 Å². The predicted octanol–water partition coefficient (Wildman–Crippen LogP) is 2.35. The van der Waals surface area contributed by atoms with E-state index in [-0.39, 0.29) is 17.3 Å². The van der Waals surface area contributed by atoms with Crippen LogP contribution in [-0.4, -0.2) is 47.3 Å². The molecule has 1 saturated heterocycles. The van der Waals surface area contributed by atoms with Crippen molar-refractivity contribution in [1.29, 1.82) is 0 Å². The molecular weight excluding hydrogens is 468 g/mol. The van der Waals surface area contributed by atoms with E-state index in [0.717, 1.165) is 10.9 Å². The molecule has 0 aliphatic carbocycles. The fourth-order valence-electron chi connectivity index (χ4n) is 4.48. The number of carbonyl (C=O) groups is 1. The number of nitrogens with one attached hydrogen (secondary N) is 3. The van der Waals surface area contributed by atoms with Gasteiger partial charge in [-0.15, -0.1) is 0 Å². The van der Waals surface area contributed by atoms with Gasteiger partial charge in [-0.3, -0.25) is 4.79 Å². The van der Waals surface area contributed by atoms with Crippen molar-refractivity contribution in [2.45, 2.75) is 31.3 Å². The standard InChI is InChI=1S/C29H26N4O4/c34-15-13-23(17-22-12-14-30-27(22)18-35)31-28(19-36)26(16-20-6-2-1-3-7-20)33-29(37)25-11-10-21-8-4-5-9-24(21)32-25/h1-11,13,22-23,26,30-31H,12,14,16-17H2,(H,33,37)/t22-,23+,26-/m0/s1. The van der Waals surface area contributed by atoms with Crippen LogP contribution in [0.25, 0.3) is 10.9 Å². The second-order valence-electron chi connectivity index (χ2n) is 8.82. The highest BCUT2D eigenvalue weighted by molar-refractivity contribution is 5.95. The first kappa shape index (κ1) is 25.4. The summed E-state index contributed by atoms with van der Waals surface area (Å²) in [6, 6.07) is 18.9. The molecule has 1 aromatic heterocycles. The van der Waals surface area contributed by atoms with E-state index in [2.05, 4.69) is 20.9 Å². The summed E-state index contributed by atoms with van der Waals surface area (Å²) in [7, 11) is 0. The summed E-state index contributed by atoms with van der Waals surface area (Å²) in [5, 5.41) is 9.85. The Labute approximate surface area is 214 Å². The van der Waals surface area contributed by atoms with Crippen molar-refractivity contribution in [3.05, 3.63) is 95.5 Å². The summed E-state index contributed by atoms with van der Waals surface area (Å²) in [5.41, 5.74) is 2.31. The summed E-state index contributed by atoms with van der Waals surface area (Å²) in [4.78, 5) is 52.3. The van der Waals surface area contributed by atoms with Crippen LogP contribution in [0.15, 0.2) is 84.2 Å². The van der Waals surface area contributed by atoms with Crippen LogP contribution in [0.3, 0.4) is 0 Å². The third-order valence-corrected chi connectivity index (χ3v) is 6.35. The SMILES string of the molecule is O=C=C[C@H](C[C@@H]1CCNC1=C=O)NC(=C=O)[C@H](Cc1ccccc1)NC(=O)c1ccc2ccccc2n1. The van der Waals surface area contributed by atoms with Crippen LogP contribution in [0.4, 0.5) is 0 Å². The van der Waals surface area contributed by atoms with E-state index in [1.165, 1.54) is 6.08 Å². The Bertz CT molecular complexity index is 1420. The molecule has 8 nitrogen and oxygen atoms in total. The minimum absolute atomic E-state index is 0.0806. The average Bonchev–Trinajstić information content (AvgIpc) is 3.38. The molecule has 0 saturated carbocycles. The number of allylic oxidation sites excluding steroid dienone is 1. The molecule has 8 heteroatoms. The molecule has 4 rings (SSSR count). The highest BCUT2D eigenvalue weighted by Crippen LogP contribution is 2.23. The second kappa shape index (κ2) is 12.3. The Morgan fingerprint density at radius 3 is 2.57 bits per heavy atom. The molecule has 0 radical (unpaired) electrons. The fourth-order valence-corrected chi connectivity index (χ4v) is 4.48. The molecule has 0 spiro atoms. The van der Waals surface area contributed by atoms with Gasteiger partial charge in [-0.05, 0) is 37.0 Å². The number of nitrogens with zero attached hydrogens (tertiary/aromatic N) is 1. The minimum atomic E-state index is -0.772. The smallest absolute Gasteiger partial charge is 0.270 e. The number of fused-ring (bicyclic) bond motifs is 1. The number of hydrogen-bond donors (Lipinski definition) is 3. The summed E-state index contributed by atoms with van der Waals surface area (Å²) in [5.74, 6) is 5.01. The van der Waals surface area contributed by atoms with Gasteiger partial charge in [-0.2, -0.15) is 0 Å². The Morgan fingerprint density at radius 1 is 1.03 bits per heavy atom. The number of pyridine rings is 1. The number of benzene rings is 2. The molecule has 2 heterocycles. The summed E-state index contributed by atoms with van der Waals surface area (Å²) in [6.45, 7) is 0.634. The molecule has 1 aliphatic heterocycles. The van der Waals surface area contributed by atoms with E-state index in [4.69, 9.17) is 0 Å². The number of amides is 1. The van der Waals surface area contributed by atoms with E-state index in [0.29, 0.717) is 37.0 Å². The summed E-state index contributed by atoms with van der Waals surface area (Å²) in [6.07, 6.45) is 2.65. The number of aromatic nitrogens is 1. The van der Waals surface area contributed by atoms with Gasteiger partial charge in [0.1, 0.15) is 29.2 Å². The Morgan fingerprint density at radius 2 is 1.81 bits per heavy atom. The zero-order valence-electron chi connectivity index (χ0n) is 20.1. The van der Waals surface area contributed by atoms with Crippen molar-refractivity contribution >= 4 is 34.6 Å². The van der Waals surface area contributed by atoms with Gasteiger partial charge in [0.05, 0.1) is 23.3 Å². The lowest BCUT2D eigenvalue weighted by molar-refractivity contribution is 0.0936. The third-order valence-electron chi connectivity index (χ3n) is 6.35. The predicted molar refractivity (Wildman–Crippen MR) is 139 cm³/mol. The molecule has 1 aliphatic rings. The number of hydrogen-bond acceptors (Lipinski definition) is 7. The largest absolute Gasteiger partial charge is 0.379 e. The molecule has 3 N–H and O–H groups in total. The molecule has 3 atom stereocenters. The Kier molecular flexibility index (Phi) is 8.43. The highest BCUT2D eigenvalue weighted by atomic mass is 16.2. The van der Waals surface area contributed by atoms with Gasteiger partial charge >= 0.3 is 0 Å². The van der Waals surface area contributed by atoms with E-state index in [9.17, 15) is 19.2 Å². The lowest BCUT2D eigenvalue weighted by Crippen LogP contribution is -2.45. The topological polar surface area (TPSA) is 117 Å². The minimum Gasteiger partial charge on any atom is -0.379 e. The average molecular weight is 495 g/mol.